The van der Waals surface area contributed by atoms with E-state index < -0.39 is 33.1 Å². The van der Waals surface area contributed by atoms with Crippen LogP contribution in [0.5, 0.6) is 0 Å². The summed E-state index contributed by atoms with van der Waals surface area (Å²) in [5.41, 5.74) is -5.90. The van der Waals surface area contributed by atoms with Crippen LogP contribution in [0, 0.1) is 11.6 Å². The smallest absolute Gasteiger partial charge is 0.338 e. The molecule has 11 heteroatoms. The van der Waals surface area contributed by atoms with E-state index in [2.05, 4.69) is 0 Å². The van der Waals surface area contributed by atoms with Crippen LogP contribution >= 0.6 is 0 Å². The molecule has 5 nitrogen and oxygen atoms in total. The van der Waals surface area contributed by atoms with Gasteiger partial charge in [-0.25, -0.2) is 8.78 Å². The van der Waals surface area contributed by atoms with Crippen molar-refractivity contribution in [1.29, 1.82) is 0 Å². The number of para-hydroxylation sites is 1. The van der Waals surface area contributed by atoms with E-state index in [1.54, 1.807) is 0 Å². The van der Waals surface area contributed by atoms with Crippen LogP contribution in [-0.2, 0) is 22.9 Å². The van der Waals surface area contributed by atoms with Gasteiger partial charge < -0.3 is 4.90 Å². The largest absolute Gasteiger partial charge is 0.516 e. The Bertz CT molecular complexity index is 1050. The van der Waals surface area contributed by atoms with Crippen molar-refractivity contribution in [3.05, 3.63) is 64.7 Å². The summed E-state index contributed by atoms with van der Waals surface area (Å²) in [5, 5.41) is 0. The molecular weight excluding hydrogens is 419 g/mol. The summed E-state index contributed by atoms with van der Waals surface area (Å²) >= 11 is 0. The van der Waals surface area contributed by atoms with E-state index in [1.807, 2.05) is 0 Å². The minimum Gasteiger partial charge on any atom is -0.338 e. The van der Waals surface area contributed by atoms with E-state index in [1.165, 1.54) is 33.9 Å². The first-order valence-corrected chi connectivity index (χ1v) is 9.92. The normalized spacial score (nSPS) is 14.7. The van der Waals surface area contributed by atoms with Gasteiger partial charge in [0.15, 0.2) is 0 Å². The Morgan fingerprint density at radius 2 is 1.69 bits per heavy atom. The molecule has 3 rings (SSSR count). The van der Waals surface area contributed by atoms with Gasteiger partial charge >= 0.3 is 15.5 Å². The summed E-state index contributed by atoms with van der Waals surface area (Å²) in [6.07, 6.45) is 0.0988. The zero-order valence-corrected chi connectivity index (χ0v) is 15.6. The third-order valence-corrected chi connectivity index (χ3v) is 5.65. The molecule has 0 unspecified atom stereocenters. The Balaban J connectivity index is 1.78. The summed E-state index contributed by atoms with van der Waals surface area (Å²) in [6.45, 7) is 0.0850. The van der Waals surface area contributed by atoms with E-state index in [0.717, 1.165) is 12.1 Å². The number of carbonyl (C=O) groups excluding carboxylic acids is 1. The minimum atomic E-state index is -5.60. The summed E-state index contributed by atoms with van der Waals surface area (Å²) in [5.74, 6) is -2.26. The average molecular weight is 434 g/mol. The number of rotatable bonds is 5. The van der Waals surface area contributed by atoms with Gasteiger partial charge in [0.1, 0.15) is 11.6 Å². The Hall–Kier alpha value is -2.69. The van der Waals surface area contributed by atoms with Gasteiger partial charge in [0.2, 0.25) is 0 Å². The van der Waals surface area contributed by atoms with Crippen LogP contribution in [0.15, 0.2) is 36.4 Å². The first-order chi connectivity index (χ1) is 13.5. The molecule has 2 aromatic carbocycles. The Morgan fingerprint density at radius 1 is 1.03 bits per heavy atom. The number of hydrogen-bond acceptors (Lipinski definition) is 3. The molecule has 0 aliphatic carbocycles. The van der Waals surface area contributed by atoms with Gasteiger partial charge in [-0.2, -0.15) is 21.6 Å². The molecule has 0 saturated carbocycles. The molecule has 1 N–H and O–H groups in total. The predicted octanol–water partition coefficient (Wildman–Crippen LogP) is 3.47. The van der Waals surface area contributed by atoms with Crippen LogP contribution in [0.1, 0.15) is 21.5 Å². The predicted molar refractivity (Wildman–Crippen MR) is 94.7 cm³/mol. The highest BCUT2D eigenvalue weighted by atomic mass is 32.2. The number of hydrogen-bond donors (Lipinski definition) is 1. The number of amides is 1. The van der Waals surface area contributed by atoms with Gasteiger partial charge in [0.25, 0.3) is 5.91 Å². The monoisotopic (exact) mass is 434 g/mol. The molecule has 0 saturated heterocycles. The summed E-state index contributed by atoms with van der Waals surface area (Å²) in [7, 11) is -5.60. The number of fused-ring (bicyclic) bond motifs is 1. The van der Waals surface area contributed by atoms with Crippen molar-refractivity contribution in [3.63, 3.8) is 0 Å². The molecule has 0 fully saturated rings. The van der Waals surface area contributed by atoms with Crippen LogP contribution in [0.25, 0.3) is 0 Å². The van der Waals surface area contributed by atoms with Crippen LogP contribution in [-0.4, -0.2) is 37.8 Å². The van der Waals surface area contributed by atoms with E-state index >= 15 is 0 Å². The highest BCUT2D eigenvalue weighted by molar-refractivity contribution is 7.93. The average Bonchev–Trinajstić information content (AvgIpc) is 2.64. The highest BCUT2D eigenvalue weighted by Gasteiger charge is 2.46. The zero-order chi connectivity index (χ0) is 21.4. The maximum absolute atomic E-state index is 14.0. The number of carbonyl (C=O) groups is 1. The van der Waals surface area contributed by atoms with Crippen LogP contribution in [0.3, 0.4) is 0 Å². The quantitative estimate of drug-likeness (QED) is 0.733. The lowest BCUT2D eigenvalue weighted by molar-refractivity contribution is -0.0429. The molecule has 0 atom stereocenters. The molecule has 1 aliphatic heterocycles. The molecule has 1 amide bonds. The lowest BCUT2D eigenvalue weighted by Crippen LogP contribution is -2.40. The molecule has 2 aromatic rings. The summed E-state index contributed by atoms with van der Waals surface area (Å²) in [6, 6.07) is 7.25. The van der Waals surface area contributed by atoms with Crippen LogP contribution in [0.2, 0.25) is 0 Å². The molecule has 0 aromatic heterocycles. The van der Waals surface area contributed by atoms with Crippen molar-refractivity contribution in [3.8, 4) is 0 Å². The molecule has 0 bridgehead atoms. The van der Waals surface area contributed by atoms with Crippen molar-refractivity contribution in [2.45, 2.75) is 18.3 Å². The molecule has 0 spiro atoms. The van der Waals surface area contributed by atoms with Crippen molar-refractivity contribution in [2.24, 2.45) is 0 Å². The van der Waals surface area contributed by atoms with Gasteiger partial charge in [-0.15, -0.1) is 0 Å². The fraction of sp³-hybridized carbons (Fsp3) is 0.278. The van der Waals surface area contributed by atoms with Crippen LogP contribution < -0.4 is 4.72 Å². The van der Waals surface area contributed by atoms with E-state index in [4.69, 9.17) is 0 Å². The Morgan fingerprint density at radius 3 is 2.38 bits per heavy atom. The standard InChI is InChI=1S/C18H15F5N2O3S/c19-13-5-6-14(20)16-12(13)8-10-25(17(16)26)9-7-11-3-1-2-4-15(11)24-29(27,28)18(21,22)23/h1-6,24H,7-10H2. The highest BCUT2D eigenvalue weighted by Crippen LogP contribution is 2.28. The van der Waals surface area contributed by atoms with Crippen LogP contribution in [0.4, 0.5) is 27.6 Å². The van der Waals surface area contributed by atoms with Gasteiger partial charge in [0, 0.05) is 18.7 Å². The first-order valence-electron chi connectivity index (χ1n) is 8.44. The Kier molecular flexibility index (Phi) is 5.52. The molecule has 1 heterocycles. The number of alkyl halides is 3. The number of nitrogens with one attached hydrogen (secondary N) is 1. The SMILES string of the molecule is O=C1c2c(F)ccc(F)c2CCN1CCc1ccccc1NS(=O)(=O)C(F)(F)F. The second-order valence-electron chi connectivity index (χ2n) is 6.38. The van der Waals surface area contributed by atoms with Gasteiger partial charge in [-0.05, 0) is 36.6 Å². The number of halogens is 5. The fourth-order valence-electron chi connectivity index (χ4n) is 3.09. The van der Waals surface area contributed by atoms with E-state index in [0.29, 0.717) is 0 Å². The Labute approximate surface area is 163 Å². The maximum atomic E-state index is 14.0. The third kappa shape index (κ3) is 4.19. The zero-order valence-electron chi connectivity index (χ0n) is 14.8. The fourth-order valence-corrected chi connectivity index (χ4v) is 3.69. The number of anilines is 1. The minimum absolute atomic E-state index is 0.00849. The van der Waals surface area contributed by atoms with Gasteiger partial charge in [-0.3, -0.25) is 9.52 Å². The maximum Gasteiger partial charge on any atom is 0.516 e. The number of benzene rings is 2. The second-order valence-corrected chi connectivity index (χ2v) is 8.06. The molecule has 0 radical (unpaired) electrons. The number of sulfonamides is 1. The third-order valence-electron chi connectivity index (χ3n) is 4.56. The molecule has 156 valence electrons. The molecule has 1 aliphatic rings. The van der Waals surface area contributed by atoms with Crippen molar-refractivity contribution >= 4 is 21.6 Å². The first kappa shape index (κ1) is 21.0. The summed E-state index contributed by atoms with van der Waals surface area (Å²) in [4.78, 5) is 13.8. The molecular formula is C18H15F5N2O3S. The van der Waals surface area contributed by atoms with E-state index in [-0.39, 0.29) is 48.3 Å². The molecule has 29 heavy (non-hydrogen) atoms. The topological polar surface area (TPSA) is 66.5 Å². The number of nitrogens with zero attached hydrogens (tertiary/aromatic N) is 1. The van der Waals surface area contributed by atoms with Gasteiger partial charge in [0.05, 0.1) is 11.3 Å². The lowest BCUT2D eigenvalue weighted by Gasteiger charge is -2.29. The van der Waals surface area contributed by atoms with Gasteiger partial charge in [-0.1, -0.05) is 18.2 Å². The lowest BCUT2D eigenvalue weighted by atomic mass is 9.97. The van der Waals surface area contributed by atoms with Crippen molar-refractivity contribution in [1.82, 2.24) is 4.90 Å². The van der Waals surface area contributed by atoms with Crippen molar-refractivity contribution in [2.75, 3.05) is 17.8 Å². The summed E-state index contributed by atoms with van der Waals surface area (Å²) < 4.78 is 89.9. The second kappa shape index (κ2) is 7.62. The van der Waals surface area contributed by atoms with E-state index in [9.17, 15) is 35.2 Å². The van der Waals surface area contributed by atoms with Crippen molar-refractivity contribution < 1.29 is 35.2 Å².